The molecule has 1 unspecified atom stereocenters. The number of nitrogens with zero attached hydrogens (tertiary/aromatic N) is 1. The Labute approximate surface area is 114 Å². The van der Waals surface area contributed by atoms with Crippen LogP contribution in [-0.2, 0) is 6.42 Å². The number of rotatable bonds is 4. The third-order valence-corrected chi connectivity index (χ3v) is 4.35. The minimum atomic E-state index is 0.0245. The molecule has 1 atom stereocenters. The standard InChI is InChI=1S/C15H23N3O/c19-15-7-6-12-13(4-3-5-14(12)17-15)16-8-11-18-9-1-2-10-18/h6-7,13,16H,1-5,8-11H2,(H,17,19). The first-order valence-electron chi connectivity index (χ1n) is 7.51. The number of hydrogen-bond acceptors (Lipinski definition) is 3. The Morgan fingerprint density at radius 3 is 2.95 bits per heavy atom. The summed E-state index contributed by atoms with van der Waals surface area (Å²) in [6, 6.07) is 4.07. The van der Waals surface area contributed by atoms with Crippen molar-refractivity contribution in [1.82, 2.24) is 15.2 Å². The van der Waals surface area contributed by atoms with Gasteiger partial charge in [-0.05, 0) is 50.8 Å². The van der Waals surface area contributed by atoms with Gasteiger partial charge in [0.15, 0.2) is 0 Å². The highest BCUT2D eigenvalue weighted by Gasteiger charge is 2.20. The number of pyridine rings is 1. The van der Waals surface area contributed by atoms with Crippen LogP contribution in [0.15, 0.2) is 16.9 Å². The van der Waals surface area contributed by atoms with Crippen LogP contribution in [0.5, 0.6) is 0 Å². The van der Waals surface area contributed by atoms with Gasteiger partial charge in [-0.15, -0.1) is 0 Å². The summed E-state index contributed by atoms with van der Waals surface area (Å²) in [7, 11) is 0. The first-order chi connectivity index (χ1) is 9.33. The second kappa shape index (κ2) is 5.88. The van der Waals surface area contributed by atoms with E-state index in [0.29, 0.717) is 6.04 Å². The molecule has 0 amide bonds. The highest BCUT2D eigenvalue weighted by molar-refractivity contribution is 5.26. The van der Waals surface area contributed by atoms with Gasteiger partial charge in [0.1, 0.15) is 0 Å². The Morgan fingerprint density at radius 2 is 2.11 bits per heavy atom. The third kappa shape index (κ3) is 3.07. The lowest BCUT2D eigenvalue weighted by Gasteiger charge is -2.27. The SMILES string of the molecule is O=c1ccc2c([nH]1)CCCC2NCCN1CCCC1. The number of aryl methyl sites for hydroxylation is 1. The summed E-state index contributed by atoms with van der Waals surface area (Å²) >= 11 is 0. The average molecular weight is 261 g/mol. The van der Waals surface area contributed by atoms with Gasteiger partial charge in [0.25, 0.3) is 0 Å². The molecule has 0 spiro atoms. The molecule has 4 heteroatoms. The summed E-state index contributed by atoms with van der Waals surface area (Å²) in [5.74, 6) is 0. The highest BCUT2D eigenvalue weighted by Crippen LogP contribution is 2.27. The predicted molar refractivity (Wildman–Crippen MR) is 76.4 cm³/mol. The van der Waals surface area contributed by atoms with Crippen LogP contribution < -0.4 is 10.9 Å². The largest absolute Gasteiger partial charge is 0.326 e. The van der Waals surface area contributed by atoms with Crippen molar-refractivity contribution in [1.29, 1.82) is 0 Å². The van der Waals surface area contributed by atoms with E-state index in [2.05, 4.69) is 15.2 Å². The minimum absolute atomic E-state index is 0.0245. The smallest absolute Gasteiger partial charge is 0.248 e. The molecule has 1 aliphatic heterocycles. The molecular weight excluding hydrogens is 238 g/mol. The molecule has 3 rings (SSSR count). The van der Waals surface area contributed by atoms with E-state index in [0.717, 1.165) is 31.6 Å². The zero-order valence-electron chi connectivity index (χ0n) is 11.5. The van der Waals surface area contributed by atoms with Crippen LogP contribution in [0.25, 0.3) is 0 Å². The number of H-pyrrole nitrogens is 1. The van der Waals surface area contributed by atoms with E-state index in [9.17, 15) is 4.79 Å². The number of fused-ring (bicyclic) bond motifs is 1. The fourth-order valence-corrected chi connectivity index (χ4v) is 3.32. The van der Waals surface area contributed by atoms with Crippen LogP contribution in [-0.4, -0.2) is 36.1 Å². The molecule has 0 saturated carbocycles. The Hall–Kier alpha value is -1.13. The molecule has 1 aliphatic carbocycles. The molecule has 0 aromatic carbocycles. The van der Waals surface area contributed by atoms with Crippen LogP contribution in [0.2, 0.25) is 0 Å². The van der Waals surface area contributed by atoms with Gasteiger partial charge >= 0.3 is 0 Å². The predicted octanol–water partition coefficient (Wildman–Crippen LogP) is 1.44. The summed E-state index contributed by atoms with van der Waals surface area (Å²) in [4.78, 5) is 16.9. The molecule has 2 N–H and O–H groups in total. The second-order valence-electron chi connectivity index (χ2n) is 5.70. The summed E-state index contributed by atoms with van der Waals surface area (Å²) in [6.45, 7) is 4.71. The van der Waals surface area contributed by atoms with Gasteiger partial charge in [0.2, 0.25) is 5.56 Å². The van der Waals surface area contributed by atoms with Crippen molar-refractivity contribution in [2.75, 3.05) is 26.2 Å². The molecule has 0 bridgehead atoms. The van der Waals surface area contributed by atoms with Gasteiger partial charge in [0.05, 0.1) is 0 Å². The maximum Gasteiger partial charge on any atom is 0.248 e. The number of aromatic nitrogens is 1. The molecule has 104 valence electrons. The Balaban J connectivity index is 1.58. The van der Waals surface area contributed by atoms with E-state index in [1.54, 1.807) is 6.07 Å². The van der Waals surface area contributed by atoms with Gasteiger partial charge in [-0.1, -0.05) is 6.07 Å². The van der Waals surface area contributed by atoms with E-state index in [1.807, 2.05) is 6.07 Å². The van der Waals surface area contributed by atoms with Crippen molar-refractivity contribution in [3.8, 4) is 0 Å². The summed E-state index contributed by atoms with van der Waals surface area (Å²) in [5, 5.41) is 3.66. The quantitative estimate of drug-likeness (QED) is 0.862. The Kier molecular flexibility index (Phi) is 3.99. The van der Waals surface area contributed by atoms with Crippen molar-refractivity contribution in [2.45, 2.75) is 38.1 Å². The van der Waals surface area contributed by atoms with Gasteiger partial charge < -0.3 is 15.2 Å². The third-order valence-electron chi connectivity index (χ3n) is 4.35. The Bertz CT molecular complexity index is 477. The first-order valence-corrected chi connectivity index (χ1v) is 7.51. The maximum absolute atomic E-state index is 11.4. The van der Waals surface area contributed by atoms with E-state index >= 15 is 0 Å². The molecular formula is C15H23N3O. The van der Waals surface area contributed by atoms with Crippen molar-refractivity contribution >= 4 is 0 Å². The zero-order chi connectivity index (χ0) is 13.1. The fourth-order valence-electron chi connectivity index (χ4n) is 3.32. The Morgan fingerprint density at radius 1 is 1.26 bits per heavy atom. The summed E-state index contributed by atoms with van der Waals surface area (Å²) < 4.78 is 0. The molecule has 4 nitrogen and oxygen atoms in total. The number of hydrogen-bond donors (Lipinski definition) is 2. The van der Waals surface area contributed by atoms with Crippen LogP contribution in [0.3, 0.4) is 0 Å². The van der Waals surface area contributed by atoms with E-state index in [-0.39, 0.29) is 5.56 Å². The molecule has 1 fully saturated rings. The van der Waals surface area contributed by atoms with Crippen molar-refractivity contribution in [3.63, 3.8) is 0 Å². The topological polar surface area (TPSA) is 48.1 Å². The molecule has 19 heavy (non-hydrogen) atoms. The number of nitrogens with one attached hydrogen (secondary N) is 2. The van der Waals surface area contributed by atoms with E-state index < -0.39 is 0 Å². The summed E-state index contributed by atoms with van der Waals surface area (Å²) in [5.41, 5.74) is 2.46. The zero-order valence-corrected chi connectivity index (χ0v) is 11.5. The second-order valence-corrected chi connectivity index (χ2v) is 5.70. The average Bonchev–Trinajstić information content (AvgIpc) is 2.92. The summed E-state index contributed by atoms with van der Waals surface area (Å²) in [6.07, 6.45) is 6.06. The molecule has 0 radical (unpaired) electrons. The van der Waals surface area contributed by atoms with Crippen molar-refractivity contribution in [3.05, 3.63) is 33.7 Å². The highest BCUT2D eigenvalue weighted by atomic mass is 16.1. The van der Waals surface area contributed by atoms with E-state index in [1.165, 1.54) is 37.9 Å². The van der Waals surface area contributed by atoms with Crippen LogP contribution in [0, 0.1) is 0 Å². The van der Waals surface area contributed by atoms with Crippen LogP contribution in [0.1, 0.15) is 43.0 Å². The van der Waals surface area contributed by atoms with Crippen LogP contribution in [0.4, 0.5) is 0 Å². The lowest BCUT2D eigenvalue weighted by molar-refractivity contribution is 0.322. The molecule has 2 aliphatic rings. The molecule has 2 heterocycles. The van der Waals surface area contributed by atoms with Gasteiger partial charge in [-0.3, -0.25) is 4.79 Å². The van der Waals surface area contributed by atoms with Crippen LogP contribution >= 0.6 is 0 Å². The molecule has 1 aromatic heterocycles. The van der Waals surface area contributed by atoms with Gasteiger partial charge in [-0.25, -0.2) is 0 Å². The van der Waals surface area contributed by atoms with E-state index in [4.69, 9.17) is 0 Å². The monoisotopic (exact) mass is 261 g/mol. The normalized spacial score (nSPS) is 23.5. The minimum Gasteiger partial charge on any atom is -0.326 e. The van der Waals surface area contributed by atoms with Crippen molar-refractivity contribution in [2.24, 2.45) is 0 Å². The lowest BCUT2D eigenvalue weighted by Crippen LogP contribution is -2.34. The maximum atomic E-state index is 11.4. The number of likely N-dealkylation sites (tertiary alicyclic amines) is 1. The molecule has 1 aromatic rings. The lowest BCUT2D eigenvalue weighted by atomic mass is 9.91. The first kappa shape index (κ1) is 12.9. The molecule has 1 saturated heterocycles. The van der Waals surface area contributed by atoms with Crippen molar-refractivity contribution < 1.29 is 0 Å². The van der Waals surface area contributed by atoms with Gasteiger partial charge in [0, 0.05) is 30.9 Å². The number of aromatic amines is 1. The fraction of sp³-hybridized carbons (Fsp3) is 0.667. The van der Waals surface area contributed by atoms with Gasteiger partial charge in [-0.2, -0.15) is 0 Å².